The molecule has 0 aliphatic rings. The Kier molecular flexibility index (Phi) is 6.19. The highest BCUT2D eigenvalue weighted by Crippen LogP contribution is 2.26. The van der Waals surface area contributed by atoms with E-state index in [4.69, 9.17) is 4.42 Å². The van der Waals surface area contributed by atoms with Crippen LogP contribution in [-0.2, 0) is 16.6 Å². The molecule has 0 radical (unpaired) electrons. The first kappa shape index (κ1) is 17.2. The normalized spacial score (nSPS) is 12.3. The van der Waals surface area contributed by atoms with E-state index in [1.165, 1.54) is 0 Å². The topological polar surface area (TPSA) is 74.6 Å². The lowest BCUT2D eigenvalue weighted by molar-refractivity contribution is 0.358. The maximum Gasteiger partial charge on any atom is 0.244 e. The minimum absolute atomic E-state index is 0.267. The summed E-state index contributed by atoms with van der Waals surface area (Å²) in [6, 6.07) is 0. The van der Waals surface area contributed by atoms with Crippen molar-refractivity contribution in [2.75, 3.05) is 33.7 Å². The molecule has 1 rings (SSSR count). The molecule has 0 spiro atoms. The van der Waals surface area contributed by atoms with Gasteiger partial charge in [0, 0.05) is 25.2 Å². The smallest absolute Gasteiger partial charge is 0.244 e. The van der Waals surface area contributed by atoms with Gasteiger partial charge in [0.25, 0.3) is 0 Å². The fourth-order valence-corrected chi connectivity index (χ4v) is 3.51. The van der Waals surface area contributed by atoms with Crippen LogP contribution >= 0.6 is 0 Å². The minimum Gasteiger partial charge on any atom is -0.465 e. The van der Waals surface area contributed by atoms with Gasteiger partial charge in [-0.25, -0.2) is 13.1 Å². The molecule has 0 aromatic carbocycles. The molecular formula is C13H25N3O3S. The molecule has 0 unspecified atom stereocenters. The third kappa shape index (κ3) is 4.05. The number of aryl methyl sites for hydroxylation is 2. The van der Waals surface area contributed by atoms with Crippen molar-refractivity contribution in [1.82, 2.24) is 14.9 Å². The van der Waals surface area contributed by atoms with E-state index in [0.717, 1.165) is 6.54 Å². The average Bonchev–Trinajstić information content (AvgIpc) is 2.64. The molecule has 20 heavy (non-hydrogen) atoms. The van der Waals surface area contributed by atoms with E-state index in [9.17, 15) is 8.42 Å². The molecular weight excluding hydrogens is 278 g/mol. The van der Waals surface area contributed by atoms with Gasteiger partial charge in [0.1, 0.15) is 16.4 Å². The first-order chi connectivity index (χ1) is 9.33. The highest BCUT2D eigenvalue weighted by Gasteiger charge is 2.26. The summed E-state index contributed by atoms with van der Waals surface area (Å²) in [4.78, 5) is 2.31. The van der Waals surface area contributed by atoms with Gasteiger partial charge in [-0.15, -0.1) is 0 Å². The van der Waals surface area contributed by atoms with Gasteiger partial charge >= 0.3 is 0 Å². The molecule has 1 aromatic heterocycles. The van der Waals surface area contributed by atoms with Crippen LogP contribution in [0.15, 0.2) is 9.31 Å². The number of furan rings is 1. The molecule has 0 bridgehead atoms. The minimum atomic E-state index is -3.54. The number of rotatable bonds is 8. The highest BCUT2D eigenvalue weighted by molar-refractivity contribution is 7.89. The quantitative estimate of drug-likeness (QED) is 0.744. The standard InChI is InChI=1S/C13H25N3O3S/c1-6-16(5)8-7-15-20(17,18)13-11(3)19-10(2)12(13)9-14-4/h14-15H,6-9H2,1-5H3. The van der Waals surface area contributed by atoms with Gasteiger partial charge in [-0.05, 0) is 34.5 Å². The Balaban J connectivity index is 2.92. The summed E-state index contributed by atoms with van der Waals surface area (Å²) in [7, 11) is 0.195. The summed E-state index contributed by atoms with van der Waals surface area (Å²) in [6.07, 6.45) is 0. The fraction of sp³-hybridized carbons (Fsp3) is 0.692. The molecule has 0 saturated carbocycles. The Morgan fingerprint density at radius 2 is 1.90 bits per heavy atom. The van der Waals surface area contributed by atoms with E-state index in [0.29, 0.717) is 36.7 Å². The summed E-state index contributed by atoms with van der Waals surface area (Å²) >= 11 is 0. The number of sulfonamides is 1. The van der Waals surface area contributed by atoms with E-state index >= 15 is 0 Å². The van der Waals surface area contributed by atoms with Crippen LogP contribution in [0.1, 0.15) is 24.0 Å². The van der Waals surface area contributed by atoms with Crippen LogP contribution in [0.2, 0.25) is 0 Å². The molecule has 0 aliphatic carbocycles. The van der Waals surface area contributed by atoms with E-state index in [-0.39, 0.29) is 4.90 Å². The number of likely N-dealkylation sites (N-methyl/N-ethyl adjacent to an activating group) is 1. The van der Waals surface area contributed by atoms with Crippen LogP contribution in [0.5, 0.6) is 0 Å². The summed E-state index contributed by atoms with van der Waals surface area (Å²) < 4.78 is 32.9. The van der Waals surface area contributed by atoms with E-state index in [1.807, 2.05) is 18.9 Å². The summed E-state index contributed by atoms with van der Waals surface area (Å²) in [5.74, 6) is 1.08. The molecule has 0 aliphatic heterocycles. The van der Waals surface area contributed by atoms with Crippen LogP contribution in [0.25, 0.3) is 0 Å². The molecule has 0 saturated heterocycles. The Morgan fingerprint density at radius 3 is 2.45 bits per heavy atom. The van der Waals surface area contributed by atoms with Crippen LogP contribution in [0.3, 0.4) is 0 Å². The number of nitrogens with zero attached hydrogens (tertiary/aromatic N) is 1. The van der Waals surface area contributed by atoms with Crippen molar-refractivity contribution in [3.63, 3.8) is 0 Å². The van der Waals surface area contributed by atoms with Gasteiger partial charge in [0.2, 0.25) is 10.0 Å². The molecule has 0 amide bonds. The third-order valence-electron chi connectivity index (χ3n) is 3.27. The van der Waals surface area contributed by atoms with Gasteiger partial charge in [0.15, 0.2) is 0 Å². The number of hydrogen-bond acceptors (Lipinski definition) is 5. The van der Waals surface area contributed by atoms with Gasteiger partial charge in [0.05, 0.1) is 0 Å². The molecule has 1 heterocycles. The maximum absolute atomic E-state index is 12.4. The van der Waals surface area contributed by atoms with Gasteiger partial charge < -0.3 is 14.6 Å². The van der Waals surface area contributed by atoms with E-state index in [2.05, 4.69) is 10.0 Å². The fourth-order valence-electron chi connectivity index (χ4n) is 2.04. The van der Waals surface area contributed by atoms with Crippen LogP contribution < -0.4 is 10.0 Å². The van der Waals surface area contributed by atoms with E-state index in [1.54, 1.807) is 20.9 Å². The van der Waals surface area contributed by atoms with Crippen LogP contribution in [0.4, 0.5) is 0 Å². The van der Waals surface area contributed by atoms with Crippen molar-refractivity contribution in [3.05, 3.63) is 17.1 Å². The van der Waals surface area contributed by atoms with Crippen molar-refractivity contribution < 1.29 is 12.8 Å². The predicted molar refractivity (Wildman–Crippen MR) is 79.3 cm³/mol. The first-order valence-corrected chi connectivity index (χ1v) is 8.23. The predicted octanol–water partition coefficient (Wildman–Crippen LogP) is 0.846. The molecule has 0 fully saturated rings. The molecule has 6 nitrogen and oxygen atoms in total. The summed E-state index contributed by atoms with van der Waals surface area (Å²) in [5.41, 5.74) is 0.696. The van der Waals surface area contributed by atoms with Crippen LogP contribution in [0, 0.1) is 13.8 Å². The zero-order valence-corrected chi connectivity index (χ0v) is 13.7. The second-order valence-electron chi connectivity index (χ2n) is 4.85. The highest BCUT2D eigenvalue weighted by atomic mass is 32.2. The van der Waals surface area contributed by atoms with Gasteiger partial charge in [-0.3, -0.25) is 0 Å². The Morgan fingerprint density at radius 1 is 1.25 bits per heavy atom. The lowest BCUT2D eigenvalue weighted by atomic mass is 10.2. The van der Waals surface area contributed by atoms with Crippen molar-refractivity contribution >= 4 is 10.0 Å². The SMILES string of the molecule is CCN(C)CCNS(=O)(=O)c1c(C)oc(C)c1CNC. The Hall–Kier alpha value is -0.890. The van der Waals surface area contributed by atoms with Crippen molar-refractivity contribution in [2.45, 2.75) is 32.2 Å². The lowest BCUT2D eigenvalue weighted by Gasteiger charge is -2.14. The molecule has 2 N–H and O–H groups in total. The largest absolute Gasteiger partial charge is 0.465 e. The van der Waals surface area contributed by atoms with Crippen molar-refractivity contribution in [3.8, 4) is 0 Å². The monoisotopic (exact) mass is 303 g/mol. The number of hydrogen-bond donors (Lipinski definition) is 2. The molecule has 7 heteroatoms. The zero-order chi connectivity index (χ0) is 15.3. The maximum atomic E-state index is 12.4. The second-order valence-corrected chi connectivity index (χ2v) is 6.55. The first-order valence-electron chi connectivity index (χ1n) is 6.75. The molecule has 1 aromatic rings. The zero-order valence-electron chi connectivity index (χ0n) is 12.9. The summed E-state index contributed by atoms with van der Waals surface area (Å²) in [6.45, 7) is 7.90. The van der Waals surface area contributed by atoms with Crippen molar-refractivity contribution in [1.29, 1.82) is 0 Å². The van der Waals surface area contributed by atoms with Crippen molar-refractivity contribution in [2.24, 2.45) is 0 Å². The van der Waals surface area contributed by atoms with Gasteiger partial charge in [-0.2, -0.15) is 0 Å². The molecule has 0 atom stereocenters. The third-order valence-corrected chi connectivity index (χ3v) is 4.93. The van der Waals surface area contributed by atoms with Crippen LogP contribution in [-0.4, -0.2) is 47.0 Å². The second kappa shape index (κ2) is 7.21. The number of nitrogens with one attached hydrogen (secondary N) is 2. The lowest BCUT2D eigenvalue weighted by Crippen LogP contribution is -2.33. The summed E-state index contributed by atoms with van der Waals surface area (Å²) in [5, 5.41) is 2.97. The van der Waals surface area contributed by atoms with E-state index < -0.39 is 10.0 Å². The average molecular weight is 303 g/mol. The van der Waals surface area contributed by atoms with Gasteiger partial charge in [-0.1, -0.05) is 6.92 Å². The Labute approximate surface area is 121 Å². The Bertz CT molecular complexity index is 537. The molecule has 116 valence electrons.